The molecule has 5 aromatic rings. The Kier molecular flexibility index (Phi) is 7.51. The third-order valence-electron chi connectivity index (χ3n) is 5.93. The first-order chi connectivity index (χ1) is 19.3. The Morgan fingerprint density at radius 3 is 2.35 bits per heavy atom. The molecule has 0 fully saturated rings. The molecule has 2 heterocycles. The zero-order chi connectivity index (χ0) is 28.1. The number of fused-ring (bicyclic) bond motifs is 1. The molecule has 2 aromatic heterocycles. The molecule has 3 N–H and O–H groups in total. The van der Waals surface area contributed by atoms with Crippen molar-refractivity contribution in [2.45, 2.75) is 24.3 Å². The molecule has 40 heavy (non-hydrogen) atoms. The Balaban J connectivity index is 1.27. The van der Waals surface area contributed by atoms with Gasteiger partial charge in [-0.05, 0) is 55.0 Å². The molecule has 1 atom stereocenters. The number of nitrogens with zero attached hydrogens (tertiary/aromatic N) is 3. The van der Waals surface area contributed by atoms with Gasteiger partial charge < -0.3 is 15.0 Å². The van der Waals surface area contributed by atoms with Crippen molar-refractivity contribution in [2.75, 3.05) is 10.0 Å². The minimum absolute atomic E-state index is 0.0429. The molecule has 1 unspecified atom stereocenters. The minimum Gasteiger partial charge on any atom is -0.449 e. The summed E-state index contributed by atoms with van der Waals surface area (Å²) in [6, 6.07) is 21.5. The lowest BCUT2D eigenvalue weighted by Gasteiger charge is -2.17. The van der Waals surface area contributed by atoms with Gasteiger partial charge in [-0.1, -0.05) is 37.3 Å². The number of H-pyrrole nitrogens is 1. The first-order valence-electron chi connectivity index (χ1n) is 12.3. The zero-order valence-electron chi connectivity index (χ0n) is 21.2. The lowest BCUT2D eigenvalue weighted by molar-refractivity contribution is -0.124. The van der Waals surface area contributed by atoms with E-state index in [2.05, 4.69) is 30.0 Å². The van der Waals surface area contributed by atoms with E-state index in [-0.39, 0.29) is 22.8 Å². The standard InChI is InChI=1S/C28H24N6O5S/c1-2-24(26(35)31-18-12-14-19(15-13-18)40(37,38)34-28-29-16-7-17-30-28)39-27(36)21-9-4-3-8-20(21)25-32-22-10-5-6-11-23(22)33-25/h3-17,24H,2H2,1H3,(H,31,35)(H,32,33)(H,29,30,34). The summed E-state index contributed by atoms with van der Waals surface area (Å²) in [5.41, 5.74) is 2.73. The van der Waals surface area contributed by atoms with Crippen molar-refractivity contribution < 1.29 is 22.7 Å². The molecule has 5 rings (SSSR count). The highest BCUT2D eigenvalue weighted by molar-refractivity contribution is 7.92. The van der Waals surface area contributed by atoms with Crippen LogP contribution in [0.15, 0.2) is 96.2 Å². The Bertz CT molecular complexity index is 1740. The van der Waals surface area contributed by atoms with Gasteiger partial charge in [0.2, 0.25) is 5.95 Å². The molecule has 0 bridgehead atoms. The Hall–Kier alpha value is -5.10. The number of aromatic nitrogens is 4. The zero-order valence-corrected chi connectivity index (χ0v) is 22.1. The number of anilines is 2. The number of esters is 1. The van der Waals surface area contributed by atoms with Gasteiger partial charge in [0.25, 0.3) is 15.9 Å². The minimum atomic E-state index is -3.93. The van der Waals surface area contributed by atoms with Crippen molar-refractivity contribution in [1.82, 2.24) is 19.9 Å². The largest absolute Gasteiger partial charge is 0.449 e. The van der Waals surface area contributed by atoms with Crippen LogP contribution in [0.2, 0.25) is 0 Å². The number of hydrogen-bond acceptors (Lipinski definition) is 8. The third kappa shape index (κ3) is 5.81. The molecular weight excluding hydrogens is 532 g/mol. The van der Waals surface area contributed by atoms with Gasteiger partial charge in [-0.25, -0.2) is 32.9 Å². The summed E-state index contributed by atoms with van der Waals surface area (Å²) in [5.74, 6) is -0.777. The number of benzene rings is 3. The van der Waals surface area contributed by atoms with Gasteiger partial charge in [-0.3, -0.25) is 4.79 Å². The summed E-state index contributed by atoms with van der Waals surface area (Å²) in [6.45, 7) is 1.72. The monoisotopic (exact) mass is 556 g/mol. The van der Waals surface area contributed by atoms with Gasteiger partial charge >= 0.3 is 5.97 Å². The summed E-state index contributed by atoms with van der Waals surface area (Å²) in [5, 5.41) is 2.67. The maximum absolute atomic E-state index is 13.2. The van der Waals surface area contributed by atoms with E-state index in [0.717, 1.165) is 11.0 Å². The van der Waals surface area contributed by atoms with Crippen LogP contribution < -0.4 is 10.0 Å². The topological polar surface area (TPSA) is 156 Å². The van der Waals surface area contributed by atoms with Gasteiger partial charge in [0.15, 0.2) is 6.10 Å². The van der Waals surface area contributed by atoms with Gasteiger partial charge in [0.05, 0.1) is 21.5 Å². The highest BCUT2D eigenvalue weighted by Crippen LogP contribution is 2.25. The number of para-hydroxylation sites is 2. The first kappa shape index (κ1) is 26.5. The van der Waals surface area contributed by atoms with Crippen molar-refractivity contribution in [3.63, 3.8) is 0 Å². The van der Waals surface area contributed by atoms with Crippen molar-refractivity contribution in [1.29, 1.82) is 0 Å². The number of rotatable bonds is 9. The fourth-order valence-electron chi connectivity index (χ4n) is 3.93. The number of hydrogen-bond donors (Lipinski definition) is 3. The number of aromatic amines is 1. The molecule has 12 heteroatoms. The summed E-state index contributed by atoms with van der Waals surface area (Å²) >= 11 is 0. The first-order valence-corrected chi connectivity index (χ1v) is 13.8. The molecule has 0 spiro atoms. The van der Waals surface area contributed by atoms with Crippen LogP contribution in [0.1, 0.15) is 23.7 Å². The number of carbonyl (C=O) groups is 2. The fraction of sp³-hybridized carbons (Fsp3) is 0.107. The van der Waals surface area contributed by atoms with E-state index < -0.39 is 28.0 Å². The van der Waals surface area contributed by atoms with Crippen molar-refractivity contribution >= 4 is 44.6 Å². The Labute approximate surface area is 229 Å². The maximum Gasteiger partial charge on any atom is 0.339 e. The van der Waals surface area contributed by atoms with Crippen LogP contribution in [0.5, 0.6) is 0 Å². The number of ether oxygens (including phenoxy) is 1. The number of nitrogens with one attached hydrogen (secondary N) is 3. The maximum atomic E-state index is 13.2. The van der Waals surface area contributed by atoms with Crippen LogP contribution in [-0.2, 0) is 19.6 Å². The molecule has 0 saturated carbocycles. The molecule has 0 aliphatic rings. The Morgan fingerprint density at radius 1 is 0.925 bits per heavy atom. The van der Waals surface area contributed by atoms with Crippen molar-refractivity contribution in [3.8, 4) is 11.4 Å². The quantitative estimate of drug-likeness (QED) is 0.226. The van der Waals surface area contributed by atoms with Gasteiger partial charge in [-0.15, -0.1) is 0 Å². The van der Waals surface area contributed by atoms with E-state index >= 15 is 0 Å². The number of amides is 1. The van der Waals surface area contributed by atoms with Crippen molar-refractivity contribution in [2.24, 2.45) is 0 Å². The molecule has 11 nitrogen and oxygen atoms in total. The van der Waals surface area contributed by atoms with Crippen LogP contribution in [0.3, 0.4) is 0 Å². The highest BCUT2D eigenvalue weighted by Gasteiger charge is 2.25. The summed E-state index contributed by atoms with van der Waals surface area (Å²) < 4.78 is 33.0. The summed E-state index contributed by atoms with van der Waals surface area (Å²) in [4.78, 5) is 41.5. The highest BCUT2D eigenvalue weighted by atomic mass is 32.2. The molecule has 0 aliphatic heterocycles. The lowest BCUT2D eigenvalue weighted by atomic mass is 10.1. The van der Waals surface area contributed by atoms with E-state index in [1.54, 1.807) is 37.3 Å². The predicted molar refractivity (Wildman–Crippen MR) is 149 cm³/mol. The molecular formula is C28H24N6O5S. The van der Waals surface area contributed by atoms with Crippen LogP contribution in [0, 0.1) is 0 Å². The SMILES string of the molecule is CCC(OC(=O)c1ccccc1-c1nc2ccccc2[nH]1)C(=O)Nc1ccc(S(=O)(=O)Nc2ncccn2)cc1. The molecule has 202 valence electrons. The normalized spacial score (nSPS) is 12.0. The van der Waals surface area contributed by atoms with E-state index in [0.29, 0.717) is 17.1 Å². The summed E-state index contributed by atoms with van der Waals surface area (Å²) in [6.07, 6.45) is 1.96. The van der Waals surface area contributed by atoms with E-state index in [9.17, 15) is 18.0 Å². The summed E-state index contributed by atoms with van der Waals surface area (Å²) in [7, 11) is -3.93. The van der Waals surface area contributed by atoms with E-state index in [1.807, 2.05) is 24.3 Å². The predicted octanol–water partition coefficient (Wildman–Crippen LogP) is 4.39. The molecule has 0 aliphatic carbocycles. The molecule has 0 saturated heterocycles. The van der Waals surface area contributed by atoms with Crippen LogP contribution in [0.25, 0.3) is 22.4 Å². The average Bonchev–Trinajstić information content (AvgIpc) is 3.41. The smallest absolute Gasteiger partial charge is 0.339 e. The van der Waals surface area contributed by atoms with Crippen molar-refractivity contribution in [3.05, 3.63) is 96.8 Å². The lowest BCUT2D eigenvalue weighted by Crippen LogP contribution is -2.32. The molecule has 1 amide bonds. The van der Waals surface area contributed by atoms with Gasteiger partial charge in [0.1, 0.15) is 5.82 Å². The second-order valence-electron chi connectivity index (χ2n) is 8.64. The Morgan fingerprint density at radius 2 is 1.62 bits per heavy atom. The molecule has 3 aromatic carbocycles. The second kappa shape index (κ2) is 11.3. The third-order valence-corrected chi connectivity index (χ3v) is 7.27. The second-order valence-corrected chi connectivity index (χ2v) is 10.3. The van der Waals surface area contributed by atoms with E-state index in [1.165, 1.54) is 36.7 Å². The van der Waals surface area contributed by atoms with Crippen LogP contribution in [-0.4, -0.2) is 46.3 Å². The van der Waals surface area contributed by atoms with Gasteiger partial charge in [-0.2, -0.15) is 0 Å². The van der Waals surface area contributed by atoms with E-state index in [4.69, 9.17) is 4.74 Å². The molecule has 0 radical (unpaired) electrons. The number of carbonyl (C=O) groups excluding carboxylic acids is 2. The fourth-order valence-corrected chi connectivity index (χ4v) is 4.89. The van der Waals surface area contributed by atoms with Crippen LogP contribution >= 0.6 is 0 Å². The number of sulfonamides is 1. The number of imidazole rings is 1. The van der Waals surface area contributed by atoms with Crippen LogP contribution in [0.4, 0.5) is 11.6 Å². The average molecular weight is 557 g/mol. The van der Waals surface area contributed by atoms with Gasteiger partial charge in [0, 0.05) is 23.6 Å².